The molecule has 170 valence electrons. The highest BCUT2D eigenvalue weighted by Crippen LogP contribution is 2.32. The molecule has 3 aromatic rings. The van der Waals surface area contributed by atoms with E-state index in [4.69, 9.17) is 9.72 Å². The Balaban J connectivity index is 1.83. The molecule has 0 radical (unpaired) electrons. The summed E-state index contributed by atoms with van der Waals surface area (Å²) in [6.45, 7) is 2.75. The number of fused-ring (bicyclic) bond motifs is 1. The van der Waals surface area contributed by atoms with Gasteiger partial charge in [0.2, 0.25) is 0 Å². The van der Waals surface area contributed by atoms with Crippen molar-refractivity contribution in [3.05, 3.63) is 47.4 Å². The summed E-state index contributed by atoms with van der Waals surface area (Å²) in [6, 6.07) is 7.18. The summed E-state index contributed by atoms with van der Waals surface area (Å²) in [5, 5.41) is 8.05. The molecule has 0 saturated carbocycles. The zero-order chi connectivity index (χ0) is 22.9. The molecule has 1 aliphatic rings. The van der Waals surface area contributed by atoms with E-state index in [9.17, 15) is 17.6 Å². The van der Waals surface area contributed by atoms with Gasteiger partial charge in [0.1, 0.15) is 5.82 Å². The number of ether oxygens (including phenoxy) is 1. The summed E-state index contributed by atoms with van der Waals surface area (Å²) >= 11 is 0. The zero-order valence-electron chi connectivity index (χ0n) is 18.0. The maximum absolute atomic E-state index is 13.4. The highest BCUT2D eigenvalue weighted by Gasteiger charge is 2.32. The molecule has 0 bridgehead atoms. The number of nitrogens with zero attached hydrogens (tertiary/aromatic N) is 3. The predicted octanol–water partition coefficient (Wildman–Crippen LogP) is 2.67. The lowest BCUT2D eigenvalue weighted by molar-refractivity contribution is 0.0950. The maximum atomic E-state index is 13.4. The predicted molar refractivity (Wildman–Crippen MR) is 119 cm³/mol. The van der Waals surface area contributed by atoms with Gasteiger partial charge < -0.3 is 10.1 Å². The van der Waals surface area contributed by atoms with E-state index in [1.165, 1.54) is 12.1 Å². The minimum atomic E-state index is -3.14. The molecule has 0 spiro atoms. The lowest BCUT2D eigenvalue weighted by atomic mass is 10.0. The zero-order valence-corrected chi connectivity index (χ0v) is 18.8. The number of amides is 1. The van der Waals surface area contributed by atoms with Crippen molar-refractivity contribution in [2.45, 2.75) is 25.8 Å². The van der Waals surface area contributed by atoms with Gasteiger partial charge in [-0.2, -0.15) is 5.10 Å². The molecule has 4 rings (SSSR count). The molecule has 0 aliphatic carbocycles. The van der Waals surface area contributed by atoms with E-state index in [1.54, 1.807) is 36.9 Å². The van der Waals surface area contributed by atoms with Crippen LogP contribution >= 0.6 is 0 Å². The number of sulfone groups is 1. The average Bonchev–Trinajstić information content (AvgIpc) is 3.30. The van der Waals surface area contributed by atoms with Gasteiger partial charge in [-0.05, 0) is 50.1 Å². The first-order valence-electron chi connectivity index (χ1n) is 10.4. The number of benzene rings is 1. The number of aryl methyl sites for hydroxylation is 1. The average molecular weight is 461 g/mol. The standard InChI is InChI=1S/C22H25FN4O4S/c1-14-20-18(22(28)24-9-3-10-31-2)12-19(15-4-6-16(23)7-5-15)25-21(20)27(26-14)17-8-11-32(29,30)13-17/h4-7,12,17H,3,8-11,13H2,1-2H3,(H,24,28). The van der Waals surface area contributed by atoms with Gasteiger partial charge in [-0.15, -0.1) is 0 Å². The van der Waals surface area contributed by atoms with Gasteiger partial charge in [-0.1, -0.05) is 0 Å². The second-order valence-corrected chi connectivity index (χ2v) is 10.2. The quantitative estimate of drug-likeness (QED) is 0.544. The van der Waals surface area contributed by atoms with E-state index in [-0.39, 0.29) is 29.3 Å². The SMILES string of the molecule is COCCCNC(=O)c1cc(-c2ccc(F)cc2)nc2c1c(C)nn2C1CCS(=O)(=O)C1. The summed E-state index contributed by atoms with van der Waals surface area (Å²) in [5.74, 6) is -0.561. The molecule has 1 amide bonds. The normalized spacial score (nSPS) is 17.7. The summed E-state index contributed by atoms with van der Waals surface area (Å²) < 4.78 is 44.2. The summed E-state index contributed by atoms with van der Waals surface area (Å²) in [4.78, 5) is 17.8. The van der Waals surface area contributed by atoms with Gasteiger partial charge in [-0.25, -0.2) is 22.5 Å². The molecule has 1 aliphatic heterocycles. The molecule has 2 aromatic heterocycles. The number of nitrogens with one attached hydrogen (secondary N) is 1. The number of hydrogen-bond acceptors (Lipinski definition) is 6. The van der Waals surface area contributed by atoms with Crippen LogP contribution in [0.3, 0.4) is 0 Å². The number of pyridine rings is 1. The van der Waals surface area contributed by atoms with Crippen molar-refractivity contribution in [3.63, 3.8) is 0 Å². The number of carbonyl (C=O) groups excluding carboxylic acids is 1. The molecule has 1 N–H and O–H groups in total. The molecule has 3 heterocycles. The highest BCUT2D eigenvalue weighted by molar-refractivity contribution is 7.91. The van der Waals surface area contributed by atoms with Gasteiger partial charge in [0.25, 0.3) is 5.91 Å². The second-order valence-electron chi connectivity index (χ2n) is 7.95. The fraction of sp³-hybridized carbons (Fsp3) is 0.409. The van der Waals surface area contributed by atoms with Crippen molar-refractivity contribution in [2.75, 3.05) is 31.8 Å². The third-order valence-corrected chi connectivity index (χ3v) is 7.34. The Morgan fingerprint density at radius 1 is 1.31 bits per heavy atom. The maximum Gasteiger partial charge on any atom is 0.252 e. The fourth-order valence-electron chi connectivity index (χ4n) is 4.00. The van der Waals surface area contributed by atoms with Gasteiger partial charge in [0.15, 0.2) is 15.5 Å². The minimum absolute atomic E-state index is 0.00970. The molecule has 1 saturated heterocycles. The van der Waals surface area contributed by atoms with Gasteiger partial charge in [-0.3, -0.25) is 4.79 Å². The van der Waals surface area contributed by atoms with Crippen LogP contribution in [0.4, 0.5) is 4.39 Å². The number of rotatable bonds is 7. The Kier molecular flexibility index (Phi) is 6.25. The van der Waals surface area contributed by atoms with Crippen LogP contribution in [0.1, 0.15) is 34.9 Å². The lowest BCUT2D eigenvalue weighted by Gasteiger charge is -2.12. The Hall–Kier alpha value is -2.85. The van der Waals surface area contributed by atoms with Crippen molar-refractivity contribution in [1.82, 2.24) is 20.1 Å². The number of carbonyl (C=O) groups is 1. The monoisotopic (exact) mass is 460 g/mol. The first-order valence-corrected chi connectivity index (χ1v) is 12.2. The van der Waals surface area contributed by atoms with E-state index in [0.29, 0.717) is 59.5 Å². The third kappa shape index (κ3) is 4.51. The van der Waals surface area contributed by atoms with Crippen LogP contribution in [0.15, 0.2) is 30.3 Å². The van der Waals surface area contributed by atoms with Crippen molar-refractivity contribution in [3.8, 4) is 11.3 Å². The van der Waals surface area contributed by atoms with E-state index in [2.05, 4.69) is 10.4 Å². The topological polar surface area (TPSA) is 103 Å². The van der Waals surface area contributed by atoms with Crippen LogP contribution in [0, 0.1) is 12.7 Å². The largest absolute Gasteiger partial charge is 0.385 e. The number of halogens is 1. The lowest BCUT2D eigenvalue weighted by Crippen LogP contribution is -2.25. The summed E-state index contributed by atoms with van der Waals surface area (Å²) in [5.41, 5.74) is 2.59. The number of methoxy groups -OCH3 is 1. The van der Waals surface area contributed by atoms with E-state index >= 15 is 0 Å². The fourth-order valence-corrected chi connectivity index (χ4v) is 5.69. The number of hydrogen-bond donors (Lipinski definition) is 1. The van der Waals surface area contributed by atoms with Crippen molar-refractivity contribution >= 4 is 26.8 Å². The van der Waals surface area contributed by atoms with Gasteiger partial charge >= 0.3 is 0 Å². The molecule has 1 fully saturated rings. The molecule has 10 heteroatoms. The molecule has 1 aromatic carbocycles. The van der Waals surface area contributed by atoms with Crippen LogP contribution in [-0.2, 0) is 14.6 Å². The molecule has 1 atom stereocenters. The summed E-state index contributed by atoms with van der Waals surface area (Å²) in [6.07, 6.45) is 1.11. The van der Waals surface area contributed by atoms with Gasteiger partial charge in [0, 0.05) is 25.8 Å². The smallest absolute Gasteiger partial charge is 0.252 e. The van der Waals surface area contributed by atoms with Gasteiger partial charge in [0.05, 0.1) is 39.9 Å². The first kappa shape index (κ1) is 22.3. The Morgan fingerprint density at radius 3 is 2.72 bits per heavy atom. The highest BCUT2D eigenvalue weighted by atomic mass is 32.2. The van der Waals surface area contributed by atoms with Crippen LogP contribution in [0.2, 0.25) is 0 Å². The van der Waals surface area contributed by atoms with Crippen LogP contribution < -0.4 is 5.32 Å². The minimum Gasteiger partial charge on any atom is -0.385 e. The number of aromatic nitrogens is 3. The van der Waals surface area contributed by atoms with E-state index in [1.807, 2.05) is 0 Å². The molecular weight excluding hydrogens is 435 g/mol. The van der Waals surface area contributed by atoms with Crippen molar-refractivity contribution in [1.29, 1.82) is 0 Å². The molecule has 1 unspecified atom stereocenters. The molecule has 8 nitrogen and oxygen atoms in total. The summed E-state index contributed by atoms with van der Waals surface area (Å²) in [7, 11) is -1.53. The first-order chi connectivity index (χ1) is 15.3. The Morgan fingerprint density at radius 2 is 2.06 bits per heavy atom. The van der Waals surface area contributed by atoms with Crippen LogP contribution in [-0.4, -0.2) is 60.9 Å². The molecular formula is C22H25FN4O4S. The van der Waals surface area contributed by atoms with Crippen molar-refractivity contribution < 1.29 is 22.3 Å². The van der Waals surface area contributed by atoms with Crippen LogP contribution in [0.25, 0.3) is 22.3 Å². The molecule has 32 heavy (non-hydrogen) atoms. The van der Waals surface area contributed by atoms with Crippen molar-refractivity contribution in [2.24, 2.45) is 0 Å². The van der Waals surface area contributed by atoms with E-state index < -0.39 is 9.84 Å². The second kappa shape index (κ2) is 8.95. The Labute approximate surface area is 185 Å². The Bertz CT molecular complexity index is 1260. The van der Waals surface area contributed by atoms with E-state index in [0.717, 1.165) is 0 Å². The third-order valence-electron chi connectivity index (χ3n) is 5.59. The van der Waals surface area contributed by atoms with Crippen LogP contribution in [0.5, 0.6) is 0 Å².